The van der Waals surface area contributed by atoms with Crippen molar-refractivity contribution in [2.24, 2.45) is 0 Å². The van der Waals surface area contributed by atoms with E-state index in [0.29, 0.717) is 6.54 Å². The third-order valence-electron chi connectivity index (χ3n) is 5.09. The van der Waals surface area contributed by atoms with Crippen LogP contribution in [-0.4, -0.2) is 30.9 Å². The number of anilines is 1. The Bertz CT molecular complexity index is 790. The van der Waals surface area contributed by atoms with Gasteiger partial charge >= 0.3 is 0 Å². The molecule has 0 bridgehead atoms. The molecule has 0 spiro atoms. The molecule has 0 N–H and O–H groups in total. The molecular formula is C23H27FN2O. The van der Waals surface area contributed by atoms with E-state index in [-0.39, 0.29) is 11.7 Å². The number of likely N-dealkylation sites (N-methyl/N-ethyl adjacent to an activating group) is 1. The molecule has 1 amide bonds. The molecule has 142 valence electrons. The highest BCUT2D eigenvalue weighted by molar-refractivity contribution is 5.94. The van der Waals surface area contributed by atoms with Crippen LogP contribution in [0.15, 0.2) is 54.6 Å². The van der Waals surface area contributed by atoms with Crippen molar-refractivity contribution in [2.75, 3.05) is 25.0 Å². The summed E-state index contributed by atoms with van der Waals surface area (Å²) in [6, 6.07) is 14.7. The largest absolute Gasteiger partial charge is 0.372 e. The minimum absolute atomic E-state index is 0.0584. The van der Waals surface area contributed by atoms with Gasteiger partial charge in [0, 0.05) is 38.4 Å². The molecule has 3 rings (SSSR count). The van der Waals surface area contributed by atoms with Gasteiger partial charge in [0.05, 0.1) is 0 Å². The first-order valence-electron chi connectivity index (χ1n) is 9.56. The van der Waals surface area contributed by atoms with Crippen molar-refractivity contribution in [1.82, 2.24) is 4.90 Å². The molecular weight excluding hydrogens is 339 g/mol. The van der Waals surface area contributed by atoms with Gasteiger partial charge < -0.3 is 9.80 Å². The third kappa shape index (κ3) is 5.19. The van der Waals surface area contributed by atoms with Crippen LogP contribution in [0.1, 0.15) is 37.3 Å². The van der Waals surface area contributed by atoms with E-state index in [4.69, 9.17) is 0 Å². The number of nitrogens with zero attached hydrogens (tertiary/aromatic N) is 2. The van der Waals surface area contributed by atoms with Crippen LogP contribution in [-0.2, 0) is 11.3 Å². The lowest BCUT2D eigenvalue weighted by molar-refractivity contribution is -0.125. The average molecular weight is 366 g/mol. The summed E-state index contributed by atoms with van der Waals surface area (Å²) in [7, 11) is 1.80. The molecule has 27 heavy (non-hydrogen) atoms. The minimum atomic E-state index is -0.275. The van der Waals surface area contributed by atoms with E-state index in [1.165, 1.54) is 37.1 Å². The first-order valence-corrected chi connectivity index (χ1v) is 9.56. The maximum Gasteiger partial charge on any atom is 0.246 e. The molecule has 4 heteroatoms. The second-order valence-corrected chi connectivity index (χ2v) is 7.24. The first kappa shape index (κ1) is 19.2. The molecule has 1 fully saturated rings. The molecule has 1 saturated heterocycles. The molecule has 2 aromatic rings. The minimum Gasteiger partial charge on any atom is -0.372 e. The second kappa shape index (κ2) is 8.85. The number of benzene rings is 2. The zero-order chi connectivity index (χ0) is 19.2. The number of piperidine rings is 1. The van der Waals surface area contributed by atoms with Crippen molar-refractivity contribution in [2.45, 2.75) is 32.7 Å². The lowest BCUT2D eigenvalue weighted by Crippen LogP contribution is -2.29. The van der Waals surface area contributed by atoms with Crippen LogP contribution in [0.3, 0.4) is 0 Å². The Balaban J connectivity index is 1.60. The predicted octanol–water partition coefficient (Wildman–Crippen LogP) is 4.88. The SMILES string of the molecule is CC(=CC(=O)N(C)Cc1ccc(N2CCCCC2)cc1)c1ccc(F)cc1. The van der Waals surface area contributed by atoms with Gasteiger partial charge in [-0.05, 0) is 67.2 Å². The molecule has 0 radical (unpaired) electrons. The fourth-order valence-corrected chi connectivity index (χ4v) is 3.41. The van der Waals surface area contributed by atoms with Crippen LogP contribution in [0.2, 0.25) is 0 Å². The van der Waals surface area contributed by atoms with Crippen LogP contribution in [0, 0.1) is 5.82 Å². The van der Waals surface area contributed by atoms with Crippen molar-refractivity contribution in [3.63, 3.8) is 0 Å². The Hall–Kier alpha value is -2.62. The maximum absolute atomic E-state index is 13.0. The van der Waals surface area contributed by atoms with Gasteiger partial charge in [-0.2, -0.15) is 0 Å². The fraction of sp³-hybridized carbons (Fsp3) is 0.348. The maximum atomic E-state index is 13.0. The number of hydrogen-bond donors (Lipinski definition) is 0. The van der Waals surface area contributed by atoms with Gasteiger partial charge in [-0.15, -0.1) is 0 Å². The number of carbonyl (C=O) groups is 1. The fourth-order valence-electron chi connectivity index (χ4n) is 3.41. The number of amides is 1. The topological polar surface area (TPSA) is 23.6 Å². The van der Waals surface area contributed by atoms with Crippen molar-refractivity contribution in [1.29, 1.82) is 0 Å². The summed E-state index contributed by atoms with van der Waals surface area (Å²) in [5.74, 6) is -0.333. The molecule has 3 nitrogen and oxygen atoms in total. The van der Waals surface area contributed by atoms with Crippen molar-refractivity contribution in [3.8, 4) is 0 Å². The lowest BCUT2D eigenvalue weighted by Gasteiger charge is -2.29. The monoisotopic (exact) mass is 366 g/mol. The van der Waals surface area contributed by atoms with Crippen LogP contribution < -0.4 is 4.90 Å². The van der Waals surface area contributed by atoms with Gasteiger partial charge in [-0.3, -0.25) is 4.79 Å². The molecule has 2 aromatic carbocycles. The first-order chi connectivity index (χ1) is 13.0. The van der Waals surface area contributed by atoms with E-state index in [2.05, 4.69) is 29.2 Å². The van der Waals surface area contributed by atoms with Crippen LogP contribution >= 0.6 is 0 Å². The van der Waals surface area contributed by atoms with Crippen LogP contribution in [0.5, 0.6) is 0 Å². The highest BCUT2D eigenvalue weighted by Gasteiger charge is 2.12. The van der Waals surface area contributed by atoms with Crippen molar-refractivity contribution < 1.29 is 9.18 Å². The number of rotatable bonds is 5. The summed E-state index contributed by atoms with van der Waals surface area (Å²) < 4.78 is 13.0. The molecule has 0 unspecified atom stereocenters. The normalized spacial score (nSPS) is 14.9. The Morgan fingerprint density at radius 3 is 2.30 bits per heavy atom. The van der Waals surface area contributed by atoms with Gasteiger partial charge in [0.25, 0.3) is 0 Å². The predicted molar refractivity (Wildman–Crippen MR) is 109 cm³/mol. The van der Waals surface area contributed by atoms with E-state index in [9.17, 15) is 9.18 Å². The van der Waals surface area contributed by atoms with Gasteiger partial charge in [-0.25, -0.2) is 4.39 Å². The summed E-state index contributed by atoms with van der Waals surface area (Å²) in [5, 5.41) is 0. The van der Waals surface area contributed by atoms with E-state index < -0.39 is 0 Å². The molecule has 1 aliphatic heterocycles. The smallest absolute Gasteiger partial charge is 0.246 e. The zero-order valence-corrected chi connectivity index (χ0v) is 16.1. The summed E-state index contributed by atoms with van der Waals surface area (Å²) in [5.41, 5.74) is 4.05. The van der Waals surface area contributed by atoms with E-state index in [1.54, 1.807) is 30.2 Å². The van der Waals surface area contributed by atoms with Crippen LogP contribution in [0.25, 0.3) is 5.57 Å². The highest BCUT2D eigenvalue weighted by atomic mass is 19.1. The average Bonchev–Trinajstić information content (AvgIpc) is 2.69. The molecule has 1 aliphatic rings. The second-order valence-electron chi connectivity index (χ2n) is 7.24. The summed E-state index contributed by atoms with van der Waals surface area (Å²) in [6.07, 6.45) is 5.46. The number of halogens is 1. The van der Waals surface area contributed by atoms with E-state index in [0.717, 1.165) is 29.8 Å². The van der Waals surface area contributed by atoms with Crippen LogP contribution in [0.4, 0.5) is 10.1 Å². The highest BCUT2D eigenvalue weighted by Crippen LogP contribution is 2.21. The summed E-state index contributed by atoms with van der Waals surface area (Å²) in [4.78, 5) is 16.6. The van der Waals surface area contributed by atoms with Gasteiger partial charge in [0.1, 0.15) is 5.82 Å². The van der Waals surface area contributed by atoms with Crippen molar-refractivity contribution in [3.05, 3.63) is 71.6 Å². The molecule has 1 heterocycles. The van der Waals surface area contributed by atoms with E-state index >= 15 is 0 Å². The van der Waals surface area contributed by atoms with Gasteiger partial charge in [-0.1, -0.05) is 24.3 Å². The lowest BCUT2D eigenvalue weighted by atomic mass is 10.1. The molecule has 0 aliphatic carbocycles. The molecule has 0 atom stereocenters. The quantitative estimate of drug-likeness (QED) is 0.704. The van der Waals surface area contributed by atoms with Gasteiger partial charge in [0.15, 0.2) is 0 Å². The number of allylic oxidation sites excluding steroid dienone is 1. The summed E-state index contributed by atoms with van der Waals surface area (Å²) in [6.45, 7) is 4.69. The summed E-state index contributed by atoms with van der Waals surface area (Å²) >= 11 is 0. The Morgan fingerprint density at radius 1 is 1.04 bits per heavy atom. The van der Waals surface area contributed by atoms with Crippen molar-refractivity contribution >= 4 is 17.2 Å². The number of carbonyl (C=O) groups excluding carboxylic acids is 1. The Labute approximate surface area is 161 Å². The third-order valence-corrected chi connectivity index (χ3v) is 5.09. The zero-order valence-electron chi connectivity index (χ0n) is 16.1. The van der Waals surface area contributed by atoms with Gasteiger partial charge in [0.2, 0.25) is 5.91 Å². The molecule has 0 aromatic heterocycles. The number of hydrogen-bond acceptors (Lipinski definition) is 2. The molecule has 0 saturated carbocycles. The Kier molecular flexibility index (Phi) is 6.28. The van der Waals surface area contributed by atoms with E-state index in [1.807, 2.05) is 6.92 Å². The Morgan fingerprint density at radius 2 is 1.67 bits per heavy atom. The standard InChI is InChI=1S/C23H27FN2O/c1-18(20-8-10-21(24)11-9-20)16-23(27)25(2)17-19-6-12-22(13-7-19)26-14-4-3-5-15-26/h6-13,16H,3-5,14-15,17H2,1-2H3.